The molecular weight excluding hydrogens is 622 g/mol. The van der Waals surface area contributed by atoms with Crippen LogP contribution in [0.3, 0.4) is 0 Å². The molecule has 0 radical (unpaired) electrons. The SMILES string of the molecule is C[C@H]1[C@@H](OCCN(CCO)CCO[C@H]2O[C@@H]3O[C@]4(C)CC[C@H]5[C@H](C)CC[C@@H]([C@H]2C)[C@@]35OO4)O[C@@H]2O[C@]3(C)CC[C@H]4[C@H](C)CC[C@@H]1[C@@]24OO3. The molecule has 274 valence electrons. The van der Waals surface area contributed by atoms with Crippen molar-refractivity contribution in [3.05, 3.63) is 0 Å². The maximum atomic E-state index is 9.88. The van der Waals surface area contributed by atoms with Crippen LogP contribution in [0.5, 0.6) is 0 Å². The van der Waals surface area contributed by atoms with Crippen LogP contribution in [0, 0.1) is 47.3 Å². The standard InChI is InChI=1S/C36H59NO11/c1-21-7-9-27-23(3)29(41-31-35(27)25(21)11-13-33(5,43-31)45-47-35)39-19-16-37(15-18-38)17-20-40-30-24(4)28-10-8-22(2)26-12-14-34(6)44-32(42-30)36(26,28)48-46-34/h21-32,38H,7-20H2,1-6H3/t21-,22-,23-,24-,25+,26+,27+,28+,29+,30+,31-,32-,33+,34+,35-,36-/m1/s1. The summed E-state index contributed by atoms with van der Waals surface area (Å²) >= 11 is 0. The molecular formula is C36H59NO11. The van der Waals surface area contributed by atoms with Crippen molar-refractivity contribution in [3.8, 4) is 0 Å². The highest BCUT2D eigenvalue weighted by Gasteiger charge is 2.71. The Morgan fingerprint density at radius 1 is 0.604 bits per heavy atom. The van der Waals surface area contributed by atoms with Crippen LogP contribution >= 0.6 is 0 Å². The average molecular weight is 682 g/mol. The van der Waals surface area contributed by atoms with Crippen LogP contribution in [-0.4, -0.2) is 97.4 Å². The zero-order chi connectivity index (χ0) is 33.5. The highest BCUT2D eigenvalue weighted by atomic mass is 17.3. The summed E-state index contributed by atoms with van der Waals surface area (Å²) in [7, 11) is 0. The minimum Gasteiger partial charge on any atom is -0.395 e. The molecule has 10 rings (SSSR count). The zero-order valence-corrected chi connectivity index (χ0v) is 29.8. The fourth-order valence-electron chi connectivity index (χ4n) is 11.2. The second-order valence-corrected chi connectivity index (χ2v) is 16.9. The Balaban J connectivity index is 0.872. The van der Waals surface area contributed by atoms with Gasteiger partial charge in [-0.2, -0.15) is 0 Å². The number of aliphatic hydroxyl groups excluding tert-OH is 1. The van der Waals surface area contributed by atoms with Gasteiger partial charge in [0.15, 0.2) is 36.4 Å². The lowest BCUT2D eigenvalue weighted by molar-refractivity contribution is -0.577. The molecule has 4 bridgehead atoms. The molecule has 0 aromatic carbocycles. The molecule has 10 fully saturated rings. The fourth-order valence-corrected chi connectivity index (χ4v) is 11.2. The minimum absolute atomic E-state index is 0.0542. The van der Waals surface area contributed by atoms with Crippen LogP contribution in [0.15, 0.2) is 0 Å². The Bertz CT molecular complexity index is 1080. The molecule has 16 atom stereocenters. The maximum Gasteiger partial charge on any atom is 0.201 e. The number of hydrogen-bond donors (Lipinski definition) is 1. The normalized spacial score (nSPS) is 54.0. The quantitative estimate of drug-likeness (QED) is 0.322. The summed E-state index contributed by atoms with van der Waals surface area (Å²) in [6, 6.07) is 0. The van der Waals surface area contributed by atoms with Crippen molar-refractivity contribution in [2.45, 2.75) is 141 Å². The van der Waals surface area contributed by atoms with Gasteiger partial charge in [0.2, 0.25) is 11.6 Å². The smallest absolute Gasteiger partial charge is 0.201 e. The van der Waals surface area contributed by atoms with Gasteiger partial charge >= 0.3 is 0 Å². The summed E-state index contributed by atoms with van der Waals surface area (Å²) in [6.07, 6.45) is 6.10. The van der Waals surface area contributed by atoms with E-state index in [9.17, 15) is 5.11 Å². The van der Waals surface area contributed by atoms with E-state index in [1.165, 1.54) is 0 Å². The lowest BCUT2D eigenvalue weighted by atomic mass is 9.58. The van der Waals surface area contributed by atoms with Gasteiger partial charge < -0.3 is 33.5 Å². The van der Waals surface area contributed by atoms with Crippen LogP contribution in [0.4, 0.5) is 0 Å². The summed E-state index contributed by atoms with van der Waals surface area (Å²) in [5, 5.41) is 9.88. The molecule has 8 saturated heterocycles. The first-order valence-corrected chi connectivity index (χ1v) is 19.0. The van der Waals surface area contributed by atoms with Crippen molar-refractivity contribution in [1.82, 2.24) is 4.90 Å². The van der Waals surface area contributed by atoms with Gasteiger partial charge in [-0.15, -0.1) is 0 Å². The molecule has 10 aliphatic rings. The highest BCUT2D eigenvalue weighted by Crippen LogP contribution is 2.62. The van der Waals surface area contributed by atoms with E-state index in [0.29, 0.717) is 56.5 Å². The van der Waals surface area contributed by atoms with E-state index in [1.54, 1.807) is 0 Å². The van der Waals surface area contributed by atoms with E-state index < -0.39 is 47.9 Å². The van der Waals surface area contributed by atoms with Crippen LogP contribution in [0.1, 0.15) is 92.9 Å². The Kier molecular flexibility index (Phi) is 9.28. The Labute approximate surface area is 285 Å². The Morgan fingerprint density at radius 2 is 1.06 bits per heavy atom. The Hall–Kier alpha value is -0.480. The van der Waals surface area contributed by atoms with Gasteiger partial charge in [0.25, 0.3) is 0 Å². The third-order valence-corrected chi connectivity index (χ3v) is 14.0. The van der Waals surface area contributed by atoms with Crippen molar-refractivity contribution in [3.63, 3.8) is 0 Å². The molecule has 12 heteroatoms. The molecule has 2 spiro atoms. The predicted molar refractivity (Wildman–Crippen MR) is 169 cm³/mol. The minimum atomic E-state index is -0.807. The molecule has 8 aliphatic heterocycles. The lowest BCUT2D eigenvalue weighted by Gasteiger charge is -2.60. The summed E-state index contributed by atoms with van der Waals surface area (Å²) in [4.78, 5) is 26.6. The third kappa shape index (κ3) is 5.46. The van der Waals surface area contributed by atoms with E-state index >= 15 is 0 Å². The van der Waals surface area contributed by atoms with Crippen molar-refractivity contribution >= 4 is 0 Å². The van der Waals surface area contributed by atoms with Gasteiger partial charge in [-0.3, -0.25) is 4.90 Å². The molecule has 8 heterocycles. The summed E-state index contributed by atoms with van der Waals surface area (Å²) in [6.45, 7) is 15.7. The highest BCUT2D eigenvalue weighted by molar-refractivity contribution is 5.10. The van der Waals surface area contributed by atoms with Crippen molar-refractivity contribution in [1.29, 1.82) is 0 Å². The molecule has 0 aromatic heterocycles. The second kappa shape index (κ2) is 12.9. The second-order valence-electron chi connectivity index (χ2n) is 16.9. The van der Waals surface area contributed by atoms with E-state index in [2.05, 4.69) is 32.6 Å². The first-order valence-electron chi connectivity index (χ1n) is 19.0. The van der Waals surface area contributed by atoms with Gasteiger partial charge in [0.1, 0.15) is 0 Å². The predicted octanol–water partition coefficient (Wildman–Crippen LogP) is 4.73. The number of rotatable bonds is 10. The first-order chi connectivity index (χ1) is 23.0. The monoisotopic (exact) mass is 681 g/mol. The maximum absolute atomic E-state index is 9.88. The summed E-state index contributed by atoms with van der Waals surface area (Å²) in [5.74, 6) is 0.757. The number of ether oxygens (including phenoxy) is 6. The van der Waals surface area contributed by atoms with Crippen LogP contribution in [0.25, 0.3) is 0 Å². The average Bonchev–Trinajstić information content (AvgIpc) is 3.43. The molecule has 2 saturated carbocycles. The number of nitrogens with zero attached hydrogens (tertiary/aromatic N) is 1. The van der Waals surface area contributed by atoms with E-state index in [1.807, 2.05) is 13.8 Å². The molecule has 0 unspecified atom stereocenters. The van der Waals surface area contributed by atoms with E-state index in [-0.39, 0.29) is 30.3 Å². The first kappa shape index (κ1) is 34.6. The lowest BCUT2D eigenvalue weighted by Crippen LogP contribution is -2.70. The largest absolute Gasteiger partial charge is 0.395 e. The van der Waals surface area contributed by atoms with Crippen LogP contribution in [-0.2, 0) is 48.0 Å². The molecule has 0 amide bonds. The van der Waals surface area contributed by atoms with Crippen molar-refractivity contribution < 1.29 is 53.1 Å². The van der Waals surface area contributed by atoms with Gasteiger partial charge in [0, 0.05) is 56.1 Å². The van der Waals surface area contributed by atoms with Gasteiger partial charge in [-0.1, -0.05) is 27.7 Å². The molecule has 0 aromatic rings. The van der Waals surface area contributed by atoms with E-state index in [4.69, 9.17) is 48.0 Å². The van der Waals surface area contributed by atoms with Gasteiger partial charge in [-0.25, -0.2) is 19.6 Å². The van der Waals surface area contributed by atoms with Crippen molar-refractivity contribution in [2.24, 2.45) is 47.3 Å². The fraction of sp³-hybridized carbons (Fsp3) is 1.00. The van der Waals surface area contributed by atoms with Crippen LogP contribution in [0.2, 0.25) is 0 Å². The molecule has 1 N–H and O–H groups in total. The number of fused-ring (bicyclic) bond motifs is 4. The Morgan fingerprint density at radius 3 is 1.50 bits per heavy atom. The third-order valence-electron chi connectivity index (χ3n) is 14.0. The van der Waals surface area contributed by atoms with E-state index in [0.717, 1.165) is 51.4 Å². The molecule has 48 heavy (non-hydrogen) atoms. The van der Waals surface area contributed by atoms with Crippen molar-refractivity contribution in [2.75, 3.05) is 39.5 Å². The molecule has 12 nitrogen and oxygen atoms in total. The van der Waals surface area contributed by atoms with Gasteiger partial charge in [0.05, 0.1) is 19.8 Å². The topological polar surface area (TPSA) is 116 Å². The number of aliphatic hydroxyl groups is 1. The number of hydrogen-bond acceptors (Lipinski definition) is 12. The zero-order valence-electron chi connectivity index (χ0n) is 29.8. The van der Waals surface area contributed by atoms with Gasteiger partial charge in [-0.05, 0) is 76.0 Å². The summed E-state index contributed by atoms with van der Waals surface area (Å²) in [5.41, 5.74) is -1.19. The van der Waals surface area contributed by atoms with Crippen LogP contribution < -0.4 is 0 Å². The summed E-state index contributed by atoms with van der Waals surface area (Å²) < 4.78 is 39.1. The molecule has 2 aliphatic carbocycles.